The lowest BCUT2D eigenvalue weighted by Crippen LogP contribution is -2.51. The summed E-state index contributed by atoms with van der Waals surface area (Å²) in [5.74, 6) is 1.48. The van der Waals surface area contributed by atoms with Gasteiger partial charge in [0.25, 0.3) is 0 Å². The number of hydrogen-bond acceptors (Lipinski definition) is 5. The molecule has 0 amide bonds. The first kappa shape index (κ1) is 14.8. The van der Waals surface area contributed by atoms with Gasteiger partial charge in [0, 0.05) is 25.7 Å². The van der Waals surface area contributed by atoms with Crippen molar-refractivity contribution in [2.24, 2.45) is 0 Å². The molecule has 0 aliphatic carbocycles. The molecular formula is C17H22N4O. The molecule has 5 nitrogen and oxygen atoms in total. The van der Waals surface area contributed by atoms with E-state index in [0.29, 0.717) is 18.5 Å². The van der Waals surface area contributed by atoms with Gasteiger partial charge < -0.3 is 15.0 Å². The number of hydrogen-bond donors (Lipinski definition) is 1. The van der Waals surface area contributed by atoms with E-state index in [0.717, 1.165) is 37.4 Å². The van der Waals surface area contributed by atoms with Crippen LogP contribution >= 0.6 is 0 Å². The highest BCUT2D eigenvalue weighted by Crippen LogP contribution is 2.19. The van der Waals surface area contributed by atoms with E-state index in [1.165, 1.54) is 0 Å². The van der Waals surface area contributed by atoms with E-state index in [-0.39, 0.29) is 0 Å². The smallest absolute Gasteiger partial charge is 0.234 e. The van der Waals surface area contributed by atoms with Gasteiger partial charge in [-0.2, -0.15) is 4.98 Å². The number of anilines is 1. The van der Waals surface area contributed by atoms with Gasteiger partial charge in [-0.15, -0.1) is 0 Å². The van der Waals surface area contributed by atoms with Crippen LogP contribution in [0.1, 0.15) is 18.9 Å². The van der Waals surface area contributed by atoms with Crippen molar-refractivity contribution in [2.45, 2.75) is 26.0 Å². The molecule has 1 aromatic carbocycles. The summed E-state index contributed by atoms with van der Waals surface area (Å²) in [6.07, 6.45) is 4.59. The van der Waals surface area contributed by atoms with E-state index in [9.17, 15) is 0 Å². The second-order valence-corrected chi connectivity index (χ2v) is 5.45. The van der Waals surface area contributed by atoms with Crippen LogP contribution in [-0.4, -0.2) is 35.6 Å². The summed E-state index contributed by atoms with van der Waals surface area (Å²) in [6, 6.07) is 10.6. The molecular weight excluding hydrogens is 276 g/mol. The van der Waals surface area contributed by atoms with E-state index in [1.807, 2.05) is 36.5 Å². The third kappa shape index (κ3) is 3.54. The highest BCUT2D eigenvalue weighted by atomic mass is 16.5. The molecule has 116 valence electrons. The summed E-state index contributed by atoms with van der Waals surface area (Å²) in [6.45, 7) is 5.64. The molecule has 2 aromatic rings. The highest BCUT2D eigenvalue weighted by Gasteiger charge is 2.22. The molecule has 2 heterocycles. The Hall–Kier alpha value is -2.14. The van der Waals surface area contributed by atoms with Crippen LogP contribution in [0.5, 0.6) is 5.88 Å². The first-order valence-electron chi connectivity index (χ1n) is 7.83. The first-order valence-corrected chi connectivity index (χ1v) is 7.83. The number of rotatable bonds is 5. The van der Waals surface area contributed by atoms with Crippen LogP contribution in [0, 0.1) is 0 Å². The maximum Gasteiger partial charge on any atom is 0.234 e. The molecule has 1 saturated heterocycles. The van der Waals surface area contributed by atoms with Gasteiger partial charge in [-0.25, -0.2) is 0 Å². The molecule has 0 bridgehead atoms. The van der Waals surface area contributed by atoms with Crippen LogP contribution < -0.4 is 15.0 Å². The van der Waals surface area contributed by atoms with E-state index in [1.54, 1.807) is 6.20 Å². The number of aromatic nitrogens is 2. The summed E-state index contributed by atoms with van der Waals surface area (Å²) in [4.78, 5) is 11.2. The average Bonchev–Trinajstić information content (AvgIpc) is 2.61. The van der Waals surface area contributed by atoms with Gasteiger partial charge in [-0.05, 0) is 12.0 Å². The SMILES string of the molecule is CCC1CNCCN1c1cncc(OCc2ccccc2)n1. The Morgan fingerprint density at radius 3 is 2.95 bits per heavy atom. The lowest BCUT2D eigenvalue weighted by Gasteiger charge is -2.36. The molecule has 5 heteroatoms. The molecule has 22 heavy (non-hydrogen) atoms. The summed E-state index contributed by atoms with van der Waals surface area (Å²) in [7, 11) is 0. The third-order valence-corrected chi connectivity index (χ3v) is 3.95. The Morgan fingerprint density at radius 1 is 1.27 bits per heavy atom. The molecule has 0 radical (unpaired) electrons. The van der Waals surface area contributed by atoms with Gasteiger partial charge in [0.2, 0.25) is 5.88 Å². The van der Waals surface area contributed by atoms with Crippen molar-refractivity contribution in [3.8, 4) is 5.88 Å². The van der Waals surface area contributed by atoms with Gasteiger partial charge >= 0.3 is 0 Å². The second-order valence-electron chi connectivity index (χ2n) is 5.45. The van der Waals surface area contributed by atoms with Crippen LogP contribution in [0.15, 0.2) is 42.7 Å². The monoisotopic (exact) mass is 298 g/mol. The number of benzene rings is 1. The Morgan fingerprint density at radius 2 is 2.14 bits per heavy atom. The first-order chi connectivity index (χ1) is 10.9. The molecule has 1 unspecified atom stereocenters. The molecule has 0 spiro atoms. The molecule has 3 rings (SSSR count). The predicted octanol–water partition coefficient (Wildman–Crippen LogP) is 2.24. The van der Waals surface area contributed by atoms with E-state index in [2.05, 4.69) is 27.1 Å². The second kappa shape index (κ2) is 7.22. The normalized spacial score (nSPS) is 18.2. The Kier molecular flexibility index (Phi) is 4.85. The van der Waals surface area contributed by atoms with Crippen LogP contribution in [0.25, 0.3) is 0 Å². The van der Waals surface area contributed by atoms with Crippen molar-refractivity contribution < 1.29 is 4.74 Å². The molecule has 1 aromatic heterocycles. The summed E-state index contributed by atoms with van der Waals surface area (Å²) >= 11 is 0. The minimum atomic E-state index is 0.465. The summed E-state index contributed by atoms with van der Waals surface area (Å²) in [5, 5.41) is 3.43. The zero-order valence-electron chi connectivity index (χ0n) is 12.9. The highest BCUT2D eigenvalue weighted by molar-refractivity contribution is 5.40. The Bertz CT molecular complexity index is 590. The van der Waals surface area contributed by atoms with Crippen LogP contribution in [-0.2, 0) is 6.61 Å². The third-order valence-electron chi connectivity index (χ3n) is 3.95. The molecule has 1 fully saturated rings. The zero-order chi connectivity index (χ0) is 15.2. The fraction of sp³-hybridized carbons (Fsp3) is 0.412. The number of nitrogens with zero attached hydrogens (tertiary/aromatic N) is 3. The van der Waals surface area contributed by atoms with Crippen molar-refractivity contribution >= 4 is 5.82 Å². The Labute approximate surface area is 131 Å². The van der Waals surface area contributed by atoms with Crippen LogP contribution in [0.2, 0.25) is 0 Å². The van der Waals surface area contributed by atoms with Gasteiger partial charge in [0.1, 0.15) is 6.61 Å². The van der Waals surface area contributed by atoms with Crippen molar-refractivity contribution in [3.63, 3.8) is 0 Å². The van der Waals surface area contributed by atoms with Gasteiger partial charge in [0.05, 0.1) is 12.4 Å². The molecule has 0 saturated carbocycles. The topological polar surface area (TPSA) is 50.3 Å². The molecule has 1 aliphatic rings. The maximum absolute atomic E-state index is 5.78. The predicted molar refractivity (Wildman–Crippen MR) is 87.1 cm³/mol. The van der Waals surface area contributed by atoms with E-state index in [4.69, 9.17) is 4.74 Å². The quantitative estimate of drug-likeness (QED) is 0.917. The van der Waals surface area contributed by atoms with Crippen molar-refractivity contribution in [1.82, 2.24) is 15.3 Å². The molecule has 1 N–H and O–H groups in total. The Balaban J connectivity index is 1.69. The summed E-state index contributed by atoms with van der Waals surface area (Å²) < 4.78 is 5.78. The average molecular weight is 298 g/mol. The van der Waals surface area contributed by atoms with Crippen LogP contribution in [0.4, 0.5) is 5.82 Å². The van der Waals surface area contributed by atoms with Gasteiger partial charge in [-0.3, -0.25) is 4.98 Å². The van der Waals surface area contributed by atoms with Crippen molar-refractivity contribution in [3.05, 3.63) is 48.3 Å². The van der Waals surface area contributed by atoms with Gasteiger partial charge in [0.15, 0.2) is 5.82 Å². The maximum atomic E-state index is 5.78. The number of nitrogens with one attached hydrogen (secondary N) is 1. The number of piperazine rings is 1. The lowest BCUT2D eigenvalue weighted by atomic mass is 10.1. The minimum Gasteiger partial charge on any atom is -0.472 e. The van der Waals surface area contributed by atoms with Crippen molar-refractivity contribution in [1.29, 1.82) is 0 Å². The van der Waals surface area contributed by atoms with E-state index < -0.39 is 0 Å². The molecule has 1 aliphatic heterocycles. The fourth-order valence-corrected chi connectivity index (χ4v) is 2.71. The molecule has 1 atom stereocenters. The van der Waals surface area contributed by atoms with Crippen LogP contribution in [0.3, 0.4) is 0 Å². The zero-order valence-corrected chi connectivity index (χ0v) is 12.9. The standard InChI is InChI=1S/C17H22N4O/c1-2-15-10-18-8-9-21(15)16-11-19-12-17(20-16)22-13-14-6-4-3-5-7-14/h3-7,11-12,15,18H,2,8-10,13H2,1H3. The lowest BCUT2D eigenvalue weighted by molar-refractivity contribution is 0.292. The van der Waals surface area contributed by atoms with E-state index >= 15 is 0 Å². The number of ether oxygens (including phenoxy) is 1. The minimum absolute atomic E-state index is 0.465. The fourth-order valence-electron chi connectivity index (χ4n) is 2.71. The summed E-state index contributed by atoms with van der Waals surface area (Å²) in [5.41, 5.74) is 1.13. The van der Waals surface area contributed by atoms with Gasteiger partial charge in [-0.1, -0.05) is 37.3 Å². The largest absolute Gasteiger partial charge is 0.472 e. The van der Waals surface area contributed by atoms with Crippen molar-refractivity contribution in [2.75, 3.05) is 24.5 Å².